The van der Waals surface area contributed by atoms with Crippen LogP contribution in [0.5, 0.6) is 5.75 Å². The van der Waals surface area contributed by atoms with Crippen LogP contribution in [-0.4, -0.2) is 41.7 Å². The molecule has 0 unspecified atom stereocenters. The maximum atomic E-state index is 12.6. The van der Waals surface area contributed by atoms with Gasteiger partial charge in [-0.3, -0.25) is 4.90 Å². The zero-order valence-electron chi connectivity index (χ0n) is 13.3. The van der Waals surface area contributed by atoms with Crippen molar-refractivity contribution in [2.24, 2.45) is 0 Å². The van der Waals surface area contributed by atoms with Crippen LogP contribution >= 0.6 is 36.6 Å². The van der Waals surface area contributed by atoms with Gasteiger partial charge in [0.1, 0.15) is 5.75 Å². The molecule has 2 N–H and O–H groups in total. The fourth-order valence-corrected chi connectivity index (χ4v) is 3.39. The van der Waals surface area contributed by atoms with Crippen molar-refractivity contribution in [2.45, 2.75) is 36.2 Å². The smallest absolute Gasteiger partial charge is 0.446 e. The number of halogens is 5. The van der Waals surface area contributed by atoms with E-state index in [0.717, 1.165) is 39.0 Å². The van der Waals surface area contributed by atoms with E-state index in [4.69, 9.17) is 0 Å². The van der Waals surface area contributed by atoms with Crippen molar-refractivity contribution in [3.8, 4) is 5.75 Å². The molecule has 0 radical (unpaired) electrons. The summed E-state index contributed by atoms with van der Waals surface area (Å²) in [5.74, 6) is 0.0727. The first-order valence-electron chi connectivity index (χ1n) is 7.44. The normalized spacial score (nSPS) is 16.8. The summed E-state index contributed by atoms with van der Waals surface area (Å²) in [4.78, 5) is 2.36. The van der Waals surface area contributed by atoms with E-state index in [-0.39, 0.29) is 53.3 Å². The molecule has 0 aromatic heterocycles. The Labute approximate surface area is 157 Å². The Bertz CT molecular complexity index is 500. The van der Waals surface area contributed by atoms with Crippen LogP contribution in [0.3, 0.4) is 0 Å². The van der Waals surface area contributed by atoms with E-state index in [2.05, 4.69) is 10.2 Å². The molecule has 1 aliphatic heterocycles. The fourth-order valence-electron chi connectivity index (χ4n) is 2.80. The van der Waals surface area contributed by atoms with Crippen LogP contribution in [0.2, 0.25) is 0 Å². The molecule has 140 valence electrons. The average molecular weight is 407 g/mol. The molecule has 2 rings (SSSR count). The second kappa shape index (κ2) is 10.6. The van der Waals surface area contributed by atoms with Crippen LogP contribution < -0.4 is 5.32 Å². The van der Waals surface area contributed by atoms with E-state index >= 15 is 0 Å². The van der Waals surface area contributed by atoms with Gasteiger partial charge in [0, 0.05) is 42.7 Å². The van der Waals surface area contributed by atoms with Crippen LogP contribution in [-0.2, 0) is 0 Å². The largest absolute Gasteiger partial charge is 0.508 e. The van der Waals surface area contributed by atoms with Crippen LogP contribution in [0.4, 0.5) is 13.2 Å². The summed E-state index contributed by atoms with van der Waals surface area (Å²) in [6.07, 6.45) is 1.72. The summed E-state index contributed by atoms with van der Waals surface area (Å²) >= 11 is -0.136. The first-order valence-corrected chi connectivity index (χ1v) is 8.26. The third-order valence-electron chi connectivity index (χ3n) is 3.75. The van der Waals surface area contributed by atoms with Gasteiger partial charge < -0.3 is 10.4 Å². The summed E-state index contributed by atoms with van der Waals surface area (Å²) in [5, 5.41) is 13.4. The van der Waals surface area contributed by atoms with Crippen molar-refractivity contribution in [3.63, 3.8) is 0 Å². The highest BCUT2D eigenvalue weighted by Gasteiger charge is 2.30. The highest BCUT2D eigenvalue weighted by molar-refractivity contribution is 8.00. The van der Waals surface area contributed by atoms with Crippen molar-refractivity contribution in [1.29, 1.82) is 0 Å². The number of aromatic hydroxyl groups is 1. The Morgan fingerprint density at radius 2 is 1.88 bits per heavy atom. The molecule has 1 atom stereocenters. The predicted octanol–water partition coefficient (Wildman–Crippen LogP) is 4.59. The lowest BCUT2D eigenvalue weighted by Gasteiger charge is -2.35. The van der Waals surface area contributed by atoms with E-state index in [1.54, 1.807) is 0 Å². The summed E-state index contributed by atoms with van der Waals surface area (Å²) in [6.45, 7) is 5.43. The molecule has 1 fully saturated rings. The average Bonchev–Trinajstić information content (AvgIpc) is 2.46. The first-order chi connectivity index (χ1) is 10.4. The molecule has 1 aliphatic rings. The van der Waals surface area contributed by atoms with E-state index < -0.39 is 5.51 Å². The van der Waals surface area contributed by atoms with Gasteiger partial charge in [-0.15, -0.1) is 24.8 Å². The van der Waals surface area contributed by atoms with Crippen LogP contribution in [0.1, 0.15) is 31.4 Å². The number of rotatable bonds is 5. The zero-order chi connectivity index (χ0) is 16.2. The third-order valence-corrected chi connectivity index (χ3v) is 4.47. The molecule has 0 saturated carbocycles. The Hall–Kier alpha value is -0.340. The maximum Gasteiger partial charge on any atom is 0.446 e. The third kappa shape index (κ3) is 6.88. The lowest BCUT2D eigenvalue weighted by molar-refractivity contribution is -0.0328. The highest BCUT2D eigenvalue weighted by atomic mass is 35.5. The minimum absolute atomic E-state index is 0. The molecular weight excluding hydrogens is 384 g/mol. The van der Waals surface area contributed by atoms with Crippen LogP contribution in [0.15, 0.2) is 23.1 Å². The fraction of sp³-hybridized carbons (Fsp3) is 0.600. The summed E-state index contributed by atoms with van der Waals surface area (Å²) in [5.41, 5.74) is -3.72. The quantitative estimate of drug-likeness (QED) is 0.700. The van der Waals surface area contributed by atoms with Gasteiger partial charge >= 0.3 is 5.51 Å². The number of phenols is 1. The van der Waals surface area contributed by atoms with Crippen LogP contribution in [0.25, 0.3) is 0 Å². The number of piperazine rings is 1. The van der Waals surface area contributed by atoms with Gasteiger partial charge in [0.25, 0.3) is 0 Å². The number of hydrogen-bond donors (Lipinski definition) is 2. The maximum absolute atomic E-state index is 12.6. The van der Waals surface area contributed by atoms with Crippen molar-refractivity contribution in [2.75, 3.05) is 26.2 Å². The molecule has 3 nitrogen and oxygen atoms in total. The molecule has 0 spiro atoms. The number of nitrogens with one attached hydrogen (secondary N) is 1. The SMILES string of the molecule is CCC[C@@H](c1cc(SC(F)(F)F)ccc1O)N1CCNCC1.Cl.Cl. The highest BCUT2D eigenvalue weighted by Crippen LogP contribution is 2.41. The summed E-state index contributed by atoms with van der Waals surface area (Å²) in [6, 6.07) is 4.13. The van der Waals surface area contributed by atoms with Crippen molar-refractivity contribution in [3.05, 3.63) is 23.8 Å². The first kappa shape index (κ1) is 23.7. The van der Waals surface area contributed by atoms with Gasteiger partial charge in [0.2, 0.25) is 0 Å². The van der Waals surface area contributed by atoms with Crippen LogP contribution in [0, 0.1) is 0 Å². The number of benzene rings is 1. The topological polar surface area (TPSA) is 35.5 Å². The number of alkyl halides is 3. The van der Waals surface area contributed by atoms with Crippen molar-refractivity contribution in [1.82, 2.24) is 10.2 Å². The molecule has 9 heteroatoms. The molecule has 0 bridgehead atoms. The second-order valence-electron chi connectivity index (χ2n) is 5.36. The van der Waals surface area contributed by atoms with Gasteiger partial charge in [-0.1, -0.05) is 13.3 Å². The van der Waals surface area contributed by atoms with Gasteiger partial charge in [0.15, 0.2) is 0 Å². The van der Waals surface area contributed by atoms with E-state index in [0.29, 0.717) is 5.56 Å². The van der Waals surface area contributed by atoms with Crippen molar-refractivity contribution >= 4 is 36.6 Å². The Morgan fingerprint density at radius 1 is 1.25 bits per heavy atom. The Morgan fingerprint density at radius 3 is 2.42 bits per heavy atom. The Balaban J connectivity index is 0.00000264. The monoisotopic (exact) mass is 406 g/mol. The van der Waals surface area contributed by atoms with E-state index in [1.807, 2.05) is 6.92 Å². The molecule has 0 amide bonds. The minimum Gasteiger partial charge on any atom is -0.508 e. The number of thioether (sulfide) groups is 1. The van der Waals surface area contributed by atoms with E-state index in [1.165, 1.54) is 18.2 Å². The Kier molecular flexibility index (Phi) is 10.5. The second-order valence-corrected chi connectivity index (χ2v) is 6.50. The van der Waals surface area contributed by atoms with Gasteiger partial charge in [-0.25, -0.2) is 0 Å². The molecule has 0 aliphatic carbocycles. The van der Waals surface area contributed by atoms with Crippen molar-refractivity contribution < 1.29 is 18.3 Å². The number of phenolic OH excluding ortho intramolecular Hbond substituents is 1. The molecule has 1 heterocycles. The summed E-state index contributed by atoms with van der Waals surface area (Å²) < 4.78 is 37.7. The van der Waals surface area contributed by atoms with Gasteiger partial charge in [-0.2, -0.15) is 13.2 Å². The lowest BCUT2D eigenvalue weighted by atomic mass is 9.99. The molecule has 24 heavy (non-hydrogen) atoms. The number of hydrogen-bond acceptors (Lipinski definition) is 4. The molecule has 1 saturated heterocycles. The number of nitrogens with zero attached hydrogens (tertiary/aromatic N) is 1. The molecular formula is C15H23Cl2F3N2OS. The standard InChI is InChI=1S/C15H21F3N2OS.2ClH/c1-2-3-13(20-8-6-19-7-9-20)12-10-11(4-5-14(12)21)22-15(16,17)18;;/h4-5,10,13,19,21H,2-3,6-9H2,1H3;2*1H/t13-;;/m0../s1. The van der Waals surface area contributed by atoms with Gasteiger partial charge in [-0.05, 0) is 36.4 Å². The predicted molar refractivity (Wildman–Crippen MR) is 96.6 cm³/mol. The lowest BCUT2D eigenvalue weighted by Crippen LogP contribution is -2.45. The molecule has 1 aromatic carbocycles. The zero-order valence-corrected chi connectivity index (χ0v) is 15.8. The minimum atomic E-state index is -4.32. The summed E-state index contributed by atoms with van der Waals surface area (Å²) in [7, 11) is 0. The molecule has 1 aromatic rings. The van der Waals surface area contributed by atoms with E-state index in [9.17, 15) is 18.3 Å². The van der Waals surface area contributed by atoms with Gasteiger partial charge in [0.05, 0.1) is 0 Å².